The van der Waals surface area contributed by atoms with Crippen molar-refractivity contribution >= 4 is 17.2 Å². The van der Waals surface area contributed by atoms with Crippen molar-refractivity contribution < 1.29 is 9.90 Å². The maximum Gasteiger partial charge on any atom is 0.249 e. The number of rotatable bonds is 7. The molecule has 4 N–H and O–H groups in total. The highest BCUT2D eigenvalue weighted by molar-refractivity contribution is 7.10. The van der Waals surface area contributed by atoms with Crippen LogP contribution in [0.2, 0.25) is 0 Å². The predicted octanol–water partition coefficient (Wildman–Crippen LogP) is 0.783. The molecule has 6 heteroatoms. The summed E-state index contributed by atoms with van der Waals surface area (Å²) < 4.78 is 0. The second-order valence-electron chi connectivity index (χ2n) is 5.27. The molecule has 1 aromatic rings. The van der Waals surface area contributed by atoms with E-state index in [1.807, 2.05) is 6.07 Å². The summed E-state index contributed by atoms with van der Waals surface area (Å²) in [6, 6.07) is 1.85. The van der Waals surface area contributed by atoms with E-state index in [0.717, 1.165) is 56.9 Å². The van der Waals surface area contributed by atoms with E-state index in [4.69, 9.17) is 5.73 Å². The Labute approximate surface area is 123 Å². The van der Waals surface area contributed by atoms with Crippen LogP contribution in [-0.4, -0.2) is 48.2 Å². The topological polar surface area (TPSA) is 78.6 Å². The van der Waals surface area contributed by atoms with E-state index < -0.39 is 0 Å². The van der Waals surface area contributed by atoms with Crippen LogP contribution >= 0.6 is 11.3 Å². The monoisotopic (exact) mass is 297 g/mol. The Kier molecular flexibility index (Phi) is 5.97. The van der Waals surface area contributed by atoms with Gasteiger partial charge in [-0.05, 0) is 38.4 Å². The third-order valence-corrected chi connectivity index (χ3v) is 4.56. The number of primary amides is 1. The summed E-state index contributed by atoms with van der Waals surface area (Å²) in [6.45, 7) is 4.85. The maximum absolute atomic E-state index is 11.0. The summed E-state index contributed by atoms with van der Waals surface area (Å²) in [5.41, 5.74) is 5.82. The third kappa shape index (κ3) is 4.86. The first-order chi connectivity index (χ1) is 9.65. The zero-order valence-corrected chi connectivity index (χ0v) is 12.5. The van der Waals surface area contributed by atoms with Gasteiger partial charge in [-0.3, -0.25) is 4.79 Å². The van der Waals surface area contributed by atoms with Crippen LogP contribution in [0.25, 0.3) is 0 Å². The van der Waals surface area contributed by atoms with Gasteiger partial charge in [0.1, 0.15) is 0 Å². The number of hydrogen-bond acceptors (Lipinski definition) is 5. The minimum absolute atomic E-state index is 0.0948. The number of nitrogens with one attached hydrogen (secondary N) is 1. The Bertz CT molecular complexity index is 428. The average Bonchev–Trinajstić information content (AvgIpc) is 2.89. The molecule has 0 aromatic carbocycles. The van der Waals surface area contributed by atoms with E-state index in [1.54, 1.807) is 16.7 Å². The summed E-state index contributed by atoms with van der Waals surface area (Å²) in [6.07, 6.45) is 2.81. The Morgan fingerprint density at radius 3 is 2.90 bits per heavy atom. The molecule has 0 saturated carbocycles. The molecule has 1 aliphatic rings. The number of thiophene rings is 1. The van der Waals surface area contributed by atoms with Crippen LogP contribution < -0.4 is 11.1 Å². The van der Waals surface area contributed by atoms with Crippen LogP contribution in [0.1, 0.15) is 34.5 Å². The summed E-state index contributed by atoms with van der Waals surface area (Å²) in [7, 11) is 0. The number of piperidine rings is 1. The number of aliphatic hydroxyl groups is 1. The van der Waals surface area contributed by atoms with E-state index in [2.05, 4.69) is 10.2 Å². The van der Waals surface area contributed by atoms with Crippen molar-refractivity contribution in [3.63, 3.8) is 0 Å². The summed E-state index contributed by atoms with van der Waals surface area (Å²) in [5, 5.41) is 14.6. The predicted molar refractivity (Wildman–Crippen MR) is 80.8 cm³/mol. The van der Waals surface area contributed by atoms with Gasteiger partial charge < -0.3 is 21.1 Å². The number of nitrogens with two attached hydrogens (primary N) is 1. The van der Waals surface area contributed by atoms with Gasteiger partial charge in [0.15, 0.2) is 0 Å². The fraction of sp³-hybridized carbons (Fsp3) is 0.643. The van der Waals surface area contributed by atoms with E-state index in [-0.39, 0.29) is 12.0 Å². The van der Waals surface area contributed by atoms with Crippen molar-refractivity contribution in [3.05, 3.63) is 21.9 Å². The number of carbonyl (C=O) groups excluding carboxylic acids is 1. The summed E-state index contributed by atoms with van der Waals surface area (Å²) in [4.78, 5) is 14.5. The number of amides is 1. The lowest BCUT2D eigenvalue weighted by molar-refractivity contribution is 0.0821. The molecule has 5 nitrogen and oxygen atoms in total. The highest BCUT2D eigenvalue weighted by Gasteiger charge is 2.15. The lowest BCUT2D eigenvalue weighted by atomic mass is 10.1. The SMILES string of the molecule is NC(=O)c1csc(CNCCCN2CCC(O)CC2)c1. The first kappa shape index (κ1) is 15.4. The molecule has 20 heavy (non-hydrogen) atoms. The zero-order chi connectivity index (χ0) is 14.4. The fourth-order valence-electron chi connectivity index (χ4n) is 2.38. The van der Waals surface area contributed by atoms with Crippen molar-refractivity contribution in [2.24, 2.45) is 5.73 Å². The van der Waals surface area contributed by atoms with Crippen LogP contribution in [-0.2, 0) is 6.54 Å². The molecule has 0 atom stereocenters. The number of nitrogens with zero attached hydrogens (tertiary/aromatic N) is 1. The highest BCUT2D eigenvalue weighted by Crippen LogP contribution is 2.14. The molecule has 0 aliphatic carbocycles. The van der Waals surface area contributed by atoms with Crippen molar-refractivity contribution in [2.75, 3.05) is 26.2 Å². The normalized spacial score (nSPS) is 17.4. The van der Waals surface area contributed by atoms with Crippen LogP contribution in [0.15, 0.2) is 11.4 Å². The third-order valence-electron chi connectivity index (χ3n) is 3.62. The first-order valence-electron chi connectivity index (χ1n) is 7.13. The molecule has 112 valence electrons. The standard InChI is InChI=1S/C14H23N3O2S/c15-14(19)11-8-13(20-10-11)9-16-4-1-5-17-6-2-12(18)3-7-17/h8,10,12,16,18H,1-7,9H2,(H2,15,19). The van der Waals surface area contributed by atoms with Crippen molar-refractivity contribution in [1.29, 1.82) is 0 Å². The second-order valence-corrected chi connectivity index (χ2v) is 6.26. The van der Waals surface area contributed by atoms with Gasteiger partial charge in [-0.2, -0.15) is 0 Å². The molecular formula is C14H23N3O2S. The molecule has 0 spiro atoms. The van der Waals surface area contributed by atoms with Crippen molar-refractivity contribution in [1.82, 2.24) is 10.2 Å². The molecule has 1 saturated heterocycles. The molecule has 0 bridgehead atoms. The summed E-state index contributed by atoms with van der Waals surface area (Å²) >= 11 is 1.56. The van der Waals surface area contributed by atoms with Gasteiger partial charge in [0.2, 0.25) is 5.91 Å². The quantitative estimate of drug-likeness (QED) is 0.650. The molecule has 0 unspecified atom stereocenters. The van der Waals surface area contributed by atoms with Crippen molar-refractivity contribution in [3.8, 4) is 0 Å². The molecule has 1 fully saturated rings. The van der Waals surface area contributed by atoms with Crippen LogP contribution in [0.4, 0.5) is 0 Å². The average molecular weight is 297 g/mol. The van der Waals surface area contributed by atoms with Crippen LogP contribution in [0.3, 0.4) is 0 Å². The van der Waals surface area contributed by atoms with Gasteiger partial charge >= 0.3 is 0 Å². The van der Waals surface area contributed by atoms with E-state index in [1.165, 1.54) is 0 Å². The smallest absolute Gasteiger partial charge is 0.249 e. The van der Waals surface area contributed by atoms with Crippen molar-refractivity contribution in [2.45, 2.75) is 31.9 Å². The molecule has 1 amide bonds. The van der Waals surface area contributed by atoms with E-state index in [0.29, 0.717) is 5.56 Å². The van der Waals surface area contributed by atoms with Gasteiger partial charge in [-0.1, -0.05) is 0 Å². The first-order valence-corrected chi connectivity index (χ1v) is 8.01. The zero-order valence-electron chi connectivity index (χ0n) is 11.7. The largest absolute Gasteiger partial charge is 0.393 e. The Morgan fingerprint density at radius 2 is 2.25 bits per heavy atom. The highest BCUT2D eigenvalue weighted by atomic mass is 32.1. The van der Waals surface area contributed by atoms with Crippen LogP contribution in [0, 0.1) is 0 Å². The maximum atomic E-state index is 11.0. The van der Waals surface area contributed by atoms with E-state index >= 15 is 0 Å². The van der Waals surface area contributed by atoms with Gasteiger partial charge in [0, 0.05) is 29.9 Å². The van der Waals surface area contributed by atoms with Crippen LogP contribution in [0.5, 0.6) is 0 Å². The number of aliphatic hydroxyl groups excluding tert-OH is 1. The van der Waals surface area contributed by atoms with Gasteiger partial charge in [0.25, 0.3) is 0 Å². The van der Waals surface area contributed by atoms with Gasteiger partial charge in [-0.15, -0.1) is 11.3 Å². The van der Waals surface area contributed by atoms with Gasteiger partial charge in [-0.25, -0.2) is 0 Å². The molecule has 2 rings (SSSR count). The number of hydrogen-bond donors (Lipinski definition) is 3. The lowest BCUT2D eigenvalue weighted by Gasteiger charge is -2.29. The minimum Gasteiger partial charge on any atom is -0.393 e. The Morgan fingerprint density at radius 1 is 1.50 bits per heavy atom. The van der Waals surface area contributed by atoms with E-state index in [9.17, 15) is 9.90 Å². The van der Waals surface area contributed by atoms with Gasteiger partial charge in [0.05, 0.1) is 11.7 Å². The molecule has 1 aromatic heterocycles. The Balaban J connectivity index is 1.56. The molecule has 0 radical (unpaired) electrons. The summed E-state index contributed by atoms with van der Waals surface area (Å²) in [5.74, 6) is -0.361. The number of likely N-dealkylation sites (tertiary alicyclic amines) is 1. The molecule has 1 aliphatic heterocycles. The molecular weight excluding hydrogens is 274 g/mol. The lowest BCUT2D eigenvalue weighted by Crippen LogP contribution is -2.37. The number of carbonyl (C=O) groups is 1. The molecule has 2 heterocycles. The minimum atomic E-state index is -0.361. The second kappa shape index (κ2) is 7.73. The fourth-order valence-corrected chi connectivity index (χ4v) is 3.23. The Hall–Kier alpha value is -0.950.